The molecule has 134 valence electrons. The van der Waals surface area contributed by atoms with E-state index in [9.17, 15) is 0 Å². The Balaban J connectivity index is 0.000000948. The minimum atomic E-state index is -0.214. The summed E-state index contributed by atoms with van der Waals surface area (Å²) in [5.74, 6) is 1.68. The molecule has 1 unspecified atom stereocenters. The third kappa shape index (κ3) is 3.01. The second kappa shape index (κ2) is 7.75. The van der Waals surface area contributed by atoms with Crippen molar-refractivity contribution < 1.29 is 9.47 Å². The SMILES string of the molecule is CC.COc1cc(OC)c2c(c1)c1cc(C)ccc1[s+]2-c1cccnc1. The Morgan fingerprint density at radius 2 is 1.73 bits per heavy atom. The zero-order valence-corrected chi connectivity index (χ0v) is 16.7. The van der Waals surface area contributed by atoms with Crippen molar-refractivity contribution in [1.29, 1.82) is 0 Å². The van der Waals surface area contributed by atoms with Gasteiger partial charge in [0, 0.05) is 34.2 Å². The van der Waals surface area contributed by atoms with Gasteiger partial charge in [0.05, 0.1) is 25.8 Å². The number of thiophene rings is 1. The fourth-order valence-electron chi connectivity index (χ4n) is 3.11. The number of hydrogen-bond acceptors (Lipinski definition) is 3. The van der Waals surface area contributed by atoms with E-state index >= 15 is 0 Å². The van der Waals surface area contributed by atoms with Gasteiger partial charge in [-0.05, 0) is 31.2 Å². The Labute approximate surface area is 157 Å². The van der Waals surface area contributed by atoms with Crippen LogP contribution in [0.1, 0.15) is 19.4 Å². The molecule has 0 aliphatic carbocycles. The molecule has 0 amide bonds. The normalized spacial score (nSPS) is 11.2. The number of rotatable bonds is 3. The van der Waals surface area contributed by atoms with Crippen LogP contribution >= 0.6 is 10.5 Å². The van der Waals surface area contributed by atoms with E-state index in [1.165, 1.54) is 30.6 Å². The van der Waals surface area contributed by atoms with Gasteiger partial charge < -0.3 is 9.47 Å². The molecule has 0 saturated carbocycles. The van der Waals surface area contributed by atoms with Crippen molar-refractivity contribution in [3.63, 3.8) is 0 Å². The van der Waals surface area contributed by atoms with Gasteiger partial charge in [0.15, 0.2) is 15.3 Å². The highest BCUT2D eigenvalue weighted by Crippen LogP contribution is 2.52. The molecule has 0 radical (unpaired) electrons. The molecule has 4 aromatic rings. The Morgan fingerprint density at radius 1 is 0.923 bits per heavy atom. The lowest BCUT2D eigenvalue weighted by molar-refractivity contribution is 0.398. The Kier molecular flexibility index (Phi) is 5.43. The first-order valence-corrected chi connectivity index (χ1v) is 9.97. The second-order valence-corrected chi connectivity index (χ2v) is 7.63. The molecule has 0 aliphatic heterocycles. The highest BCUT2D eigenvalue weighted by molar-refractivity contribution is 7.50. The number of nitrogens with zero attached hydrogens (tertiary/aromatic N) is 1. The maximum Gasteiger partial charge on any atom is 0.229 e. The number of hydrogen-bond donors (Lipinski definition) is 0. The van der Waals surface area contributed by atoms with Crippen LogP contribution in [0, 0.1) is 6.92 Å². The number of aryl methyl sites for hydroxylation is 1. The monoisotopic (exact) mass is 366 g/mol. The van der Waals surface area contributed by atoms with Crippen LogP contribution in [-0.2, 0) is 0 Å². The third-order valence-corrected chi connectivity index (χ3v) is 6.54. The van der Waals surface area contributed by atoms with Crippen LogP contribution < -0.4 is 9.47 Å². The van der Waals surface area contributed by atoms with Crippen molar-refractivity contribution in [3.05, 3.63) is 60.4 Å². The molecule has 2 aromatic heterocycles. The number of fused-ring (bicyclic) bond motifs is 3. The van der Waals surface area contributed by atoms with E-state index < -0.39 is 0 Å². The van der Waals surface area contributed by atoms with E-state index in [0.29, 0.717) is 0 Å². The van der Waals surface area contributed by atoms with Gasteiger partial charge in [-0.15, -0.1) is 0 Å². The van der Waals surface area contributed by atoms with Crippen molar-refractivity contribution in [2.24, 2.45) is 0 Å². The van der Waals surface area contributed by atoms with Gasteiger partial charge in [-0.2, -0.15) is 0 Å². The molecule has 1 atom stereocenters. The summed E-state index contributed by atoms with van der Waals surface area (Å²) >= 11 is 0. The molecule has 4 rings (SSSR count). The molecule has 0 N–H and O–H groups in total. The number of benzene rings is 2. The molecule has 0 spiro atoms. The number of pyridine rings is 1. The number of methoxy groups -OCH3 is 2. The smallest absolute Gasteiger partial charge is 0.229 e. The summed E-state index contributed by atoms with van der Waals surface area (Å²) in [6.45, 7) is 6.12. The maximum atomic E-state index is 5.72. The quantitative estimate of drug-likeness (QED) is 0.389. The predicted molar refractivity (Wildman–Crippen MR) is 112 cm³/mol. The molecule has 2 aromatic carbocycles. The fourth-order valence-corrected chi connectivity index (χ4v) is 5.53. The first-order chi connectivity index (χ1) is 12.7. The molecule has 3 nitrogen and oxygen atoms in total. The van der Waals surface area contributed by atoms with Gasteiger partial charge in [0.25, 0.3) is 0 Å². The lowest BCUT2D eigenvalue weighted by Crippen LogP contribution is -1.87. The minimum Gasteiger partial charge on any atom is -0.497 e. The summed E-state index contributed by atoms with van der Waals surface area (Å²) in [6.07, 6.45) is 3.76. The summed E-state index contributed by atoms with van der Waals surface area (Å²) < 4.78 is 13.7. The Morgan fingerprint density at radius 3 is 2.38 bits per heavy atom. The highest BCUT2D eigenvalue weighted by Gasteiger charge is 2.28. The predicted octanol–water partition coefficient (Wildman–Crippen LogP) is 6.48. The van der Waals surface area contributed by atoms with Crippen molar-refractivity contribution >= 4 is 30.6 Å². The molecular formula is C22H24NO2S+. The average Bonchev–Trinajstić information content (AvgIpc) is 3.03. The Bertz CT molecular complexity index is 1040. The van der Waals surface area contributed by atoms with Crippen LogP contribution in [0.2, 0.25) is 0 Å². The van der Waals surface area contributed by atoms with Gasteiger partial charge >= 0.3 is 0 Å². The largest absolute Gasteiger partial charge is 0.497 e. The lowest BCUT2D eigenvalue weighted by Gasteiger charge is -2.04. The Hall–Kier alpha value is -2.59. The van der Waals surface area contributed by atoms with E-state index in [1.807, 2.05) is 38.4 Å². The summed E-state index contributed by atoms with van der Waals surface area (Å²) in [5.41, 5.74) is 1.25. The molecule has 4 heteroatoms. The topological polar surface area (TPSA) is 31.4 Å². The van der Waals surface area contributed by atoms with Gasteiger partial charge in [0.1, 0.15) is 5.75 Å². The van der Waals surface area contributed by atoms with E-state index in [4.69, 9.17) is 9.47 Å². The molecule has 0 fully saturated rings. The van der Waals surface area contributed by atoms with E-state index in [0.717, 1.165) is 11.5 Å². The van der Waals surface area contributed by atoms with Crippen molar-refractivity contribution in [2.75, 3.05) is 14.2 Å². The van der Waals surface area contributed by atoms with Crippen LogP contribution in [0.15, 0.2) is 54.9 Å². The lowest BCUT2D eigenvalue weighted by atomic mass is 10.1. The summed E-state index contributed by atoms with van der Waals surface area (Å²) in [7, 11) is 3.19. The van der Waals surface area contributed by atoms with Crippen molar-refractivity contribution in [1.82, 2.24) is 4.98 Å². The number of ether oxygens (including phenoxy) is 2. The van der Waals surface area contributed by atoms with E-state index in [1.54, 1.807) is 14.2 Å². The molecule has 0 aliphatic rings. The second-order valence-electron chi connectivity index (χ2n) is 5.70. The molecular weight excluding hydrogens is 342 g/mol. The molecule has 2 heterocycles. The van der Waals surface area contributed by atoms with Crippen LogP contribution in [-0.4, -0.2) is 19.2 Å². The van der Waals surface area contributed by atoms with Crippen molar-refractivity contribution in [3.8, 4) is 16.4 Å². The van der Waals surface area contributed by atoms with Crippen LogP contribution in [0.5, 0.6) is 11.5 Å². The van der Waals surface area contributed by atoms with Gasteiger partial charge in [-0.25, -0.2) is 0 Å². The van der Waals surface area contributed by atoms with Gasteiger partial charge in [-0.1, -0.05) is 25.5 Å². The molecule has 0 bridgehead atoms. The summed E-state index contributed by atoms with van der Waals surface area (Å²) in [6, 6.07) is 14.9. The van der Waals surface area contributed by atoms with Crippen molar-refractivity contribution in [2.45, 2.75) is 20.8 Å². The van der Waals surface area contributed by atoms with E-state index in [-0.39, 0.29) is 10.5 Å². The third-order valence-electron chi connectivity index (χ3n) is 4.20. The minimum absolute atomic E-state index is 0.214. The van der Waals surface area contributed by atoms with Crippen LogP contribution in [0.4, 0.5) is 0 Å². The van der Waals surface area contributed by atoms with Gasteiger partial charge in [0.2, 0.25) is 4.70 Å². The fraction of sp³-hybridized carbons (Fsp3) is 0.227. The van der Waals surface area contributed by atoms with Gasteiger partial charge in [-0.3, -0.25) is 4.98 Å². The summed E-state index contributed by atoms with van der Waals surface area (Å²) in [5, 5.41) is 2.45. The number of aromatic nitrogens is 1. The molecule has 26 heavy (non-hydrogen) atoms. The van der Waals surface area contributed by atoms with Crippen LogP contribution in [0.3, 0.4) is 0 Å². The van der Waals surface area contributed by atoms with Crippen LogP contribution in [0.25, 0.3) is 25.1 Å². The standard InChI is InChI=1S/C20H18NO2S.C2H6/c1-13-6-7-19-16(9-13)17-10-14(22-2)11-18(23-3)20(17)24(19)15-5-4-8-21-12-15;1-2/h4-12H,1-3H3;1-2H3/q+1;. The van der Waals surface area contributed by atoms with E-state index in [2.05, 4.69) is 42.2 Å². The average molecular weight is 367 g/mol. The summed E-state index contributed by atoms with van der Waals surface area (Å²) in [4.78, 5) is 5.52. The zero-order valence-electron chi connectivity index (χ0n) is 15.9. The molecule has 0 saturated heterocycles. The highest BCUT2D eigenvalue weighted by atomic mass is 32.2. The first-order valence-electron chi connectivity index (χ1n) is 8.74. The zero-order chi connectivity index (χ0) is 18.7. The first kappa shape index (κ1) is 18.2. The maximum absolute atomic E-state index is 5.72.